The third-order valence-corrected chi connectivity index (χ3v) is 4.92. The predicted molar refractivity (Wildman–Crippen MR) is 106 cm³/mol. The van der Waals surface area contributed by atoms with Crippen LogP contribution in [0.5, 0.6) is 0 Å². The molecule has 1 amide bonds. The number of likely N-dealkylation sites (tertiary alicyclic amines) is 1. The van der Waals surface area contributed by atoms with Crippen LogP contribution >= 0.6 is 15.9 Å². The van der Waals surface area contributed by atoms with Crippen LogP contribution in [0.3, 0.4) is 0 Å². The number of nitrogens with zero attached hydrogens (tertiary/aromatic N) is 2. The highest BCUT2D eigenvalue weighted by Crippen LogP contribution is 2.15. The van der Waals surface area contributed by atoms with Crippen molar-refractivity contribution in [3.63, 3.8) is 0 Å². The number of aliphatic imine (C=N–C) groups is 1. The molecule has 1 unspecified atom stereocenters. The number of nitrogens with one attached hydrogen (secondary N) is 3. The van der Waals surface area contributed by atoms with E-state index in [1.54, 1.807) is 13.1 Å². The summed E-state index contributed by atoms with van der Waals surface area (Å²) in [6.07, 6.45) is 2.51. The van der Waals surface area contributed by atoms with Gasteiger partial charge in [-0.3, -0.25) is 14.7 Å². The second-order valence-corrected chi connectivity index (χ2v) is 6.99. The fraction of sp³-hybridized carbons (Fsp3) is 0.556. The molecule has 1 aliphatic heterocycles. The number of benzene rings is 1. The van der Waals surface area contributed by atoms with E-state index < -0.39 is 0 Å². The van der Waals surface area contributed by atoms with Crippen LogP contribution in [0.15, 0.2) is 33.7 Å². The number of rotatable bonds is 7. The summed E-state index contributed by atoms with van der Waals surface area (Å²) in [4.78, 5) is 18.8. The third kappa shape index (κ3) is 6.32. The molecule has 7 heteroatoms. The van der Waals surface area contributed by atoms with Crippen LogP contribution in [-0.4, -0.2) is 62.6 Å². The molecule has 25 heavy (non-hydrogen) atoms. The molecule has 138 valence electrons. The second kappa shape index (κ2) is 10.4. The van der Waals surface area contributed by atoms with Gasteiger partial charge in [-0.15, -0.1) is 0 Å². The lowest BCUT2D eigenvalue weighted by atomic mass is 10.2. The quantitative estimate of drug-likeness (QED) is 0.365. The largest absolute Gasteiger partial charge is 0.355 e. The van der Waals surface area contributed by atoms with Crippen molar-refractivity contribution in [3.05, 3.63) is 34.3 Å². The normalized spacial score (nSPS) is 18.2. The number of carbonyl (C=O) groups is 1. The standard InChI is InChI=1S/C18H28BrN5O/c1-3-24-11-5-8-16(24)13-23-18(20-2)22-10-9-21-17(25)14-6-4-7-15(19)12-14/h4,6-7,12,16H,3,5,8-11,13H2,1-2H3,(H,21,25)(H2,20,22,23). The van der Waals surface area contributed by atoms with Crippen LogP contribution in [-0.2, 0) is 0 Å². The molecular formula is C18H28BrN5O. The Labute approximate surface area is 158 Å². The van der Waals surface area contributed by atoms with E-state index in [2.05, 4.69) is 48.7 Å². The zero-order valence-corrected chi connectivity index (χ0v) is 16.6. The van der Waals surface area contributed by atoms with Crippen molar-refractivity contribution in [2.24, 2.45) is 4.99 Å². The fourth-order valence-corrected chi connectivity index (χ4v) is 3.47. The van der Waals surface area contributed by atoms with Crippen molar-refractivity contribution >= 4 is 27.8 Å². The summed E-state index contributed by atoms with van der Waals surface area (Å²) in [5, 5.41) is 9.53. The molecule has 1 aliphatic rings. The minimum absolute atomic E-state index is 0.0735. The molecule has 2 rings (SSSR count). The van der Waals surface area contributed by atoms with E-state index in [-0.39, 0.29) is 5.91 Å². The molecule has 0 bridgehead atoms. The molecule has 6 nitrogen and oxygen atoms in total. The maximum atomic E-state index is 12.1. The molecule has 0 radical (unpaired) electrons. The first-order valence-corrected chi connectivity index (χ1v) is 9.65. The average Bonchev–Trinajstić information content (AvgIpc) is 3.08. The van der Waals surface area contributed by atoms with Crippen molar-refractivity contribution < 1.29 is 4.79 Å². The summed E-state index contributed by atoms with van der Waals surface area (Å²) < 4.78 is 0.899. The van der Waals surface area contributed by atoms with Gasteiger partial charge in [-0.2, -0.15) is 0 Å². The van der Waals surface area contributed by atoms with Crippen molar-refractivity contribution in [2.75, 3.05) is 39.8 Å². The number of halogens is 1. The van der Waals surface area contributed by atoms with E-state index in [0.29, 0.717) is 24.7 Å². The van der Waals surface area contributed by atoms with Crippen LogP contribution in [0.1, 0.15) is 30.1 Å². The Hall–Kier alpha value is -1.60. The smallest absolute Gasteiger partial charge is 0.251 e. The van der Waals surface area contributed by atoms with Gasteiger partial charge in [-0.05, 0) is 44.1 Å². The maximum Gasteiger partial charge on any atom is 0.251 e. The Morgan fingerprint density at radius 1 is 1.32 bits per heavy atom. The molecule has 0 saturated carbocycles. The van der Waals surface area contributed by atoms with Crippen LogP contribution in [0.4, 0.5) is 0 Å². The fourth-order valence-electron chi connectivity index (χ4n) is 3.07. The van der Waals surface area contributed by atoms with Gasteiger partial charge in [0.05, 0.1) is 0 Å². The highest BCUT2D eigenvalue weighted by Gasteiger charge is 2.22. The first-order chi connectivity index (χ1) is 12.1. The molecule has 0 spiro atoms. The van der Waals surface area contributed by atoms with Crippen molar-refractivity contribution in [3.8, 4) is 0 Å². The van der Waals surface area contributed by atoms with Gasteiger partial charge in [-0.25, -0.2) is 0 Å². The molecule has 1 fully saturated rings. The lowest BCUT2D eigenvalue weighted by molar-refractivity contribution is 0.0954. The molecule has 0 aliphatic carbocycles. The number of hydrogen-bond donors (Lipinski definition) is 3. The van der Waals surface area contributed by atoms with Crippen LogP contribution in [0.25, 0.3) is 0 Å². The average molecular weight is 410 g/mol. The molecule has 3 N–H and O–H groups in total. The van der Waals surface area contributed by atoms with Gasteiger partial charge < -0.3 is 16.0 Å². The minimum Gasteiger partial charge on any atom is -0.355 e. The summed E-state index contributed by atoms with van der Waals surface area (Å²) >= 11 is 3.38. The van der Waals surface area contributed by atoms with Crippen LogP contribution in [0.2, 0.25) is 0 Å². The zero-order valence-electron chi connectivity index (χ0n) is 15.0. The lowest BCUT2D eigenvalue weighted by Gasteiger charge is -2.24. The Morgan fingerprint density at radius 3 is 2.84 bits per heavy atom. The van der Waals surface area contributed by atoms with Gasteiger partial charge in [0.25, 0.3) is 5.91 Å². The molecular weight excluding hydrogens is 382 g/mol. The maximum absolute atomic E-state index is 12.1. The topological polar surface area (TPSA) is 68.8 Å². The highest BCUT2D eigenvalue weighted by molar-refractivity contribution is 9.10. The van der Waals surface area contributed by atoms with E-state index in [1.807, 2.05) is 18.2 Å². The number of guanidine groups is 1. The van der Waals surface area contributed by atoms with Crippen molar-refractivity contribution in [1.82, 2.24) is 20.9 Å². The predicted octanol–water partition coefficient (Wildman–Crippen LogP) is 1.83. The first-order valence-electron chi connectivity index (χ1n) is 8.86. The number of hydrogen-bond acceptors (Lipinski definition) is 3. The van der Waals surface area contributed by atoms with Gasteiger partial charge in [0.1, 0.15) is 0 Å². The second-order valence-electron chi connectivity index (χ2n) is 6.07. The highest BCUT2D eigenvalue weighted by atomic mass is 79.9. The zero-order chi connectivity index (χ0) is 18.1. The number of amides is 1. The summed E-state index contributed by atoms with van der Waals surface area (Å²) in [5.74, 6) is 0.704. The summed E-state index contributed by atoms with van der Waals surface area (Å²) in [5.41, 5.74) is 0.651. The van der Waals surface area contributed by atoms with Crippen LogP contribution in [0, 0.1) is 0 Å². The first kappa shape index (κ1) is 19.7. The van der Waals surface area contributed by atoms with Gasteiger partial charge in [0, 0.05) is 42.8 Å². The Bertz CT molecular complexity index is 593. The Balaban J connectivity index is 1.66. The SMILES string of the molecule is CCN1CCCC1CNC(=NC)NCCNC(=O)c1cccc(Br)c1. The molecule has 1 saturated heterocycles. The third-order valence-electron chi connectivity index (χ3n) is 4.42. The summed E-state index contributed by atoms with van der Waals surface area (Å²) in [6, 6.07) is 7.95. The molecule has 1 aromatic carbocycles. The minimum atomic E-state index is -0.0735. The Morgan fingerprint density at radius 2 is 2.12 bits per heavy atom. The van der Waals surface area contributed by atoms with E-state index in [0.717, 1.165) is 23.5 Å². The van der Waals surface area contributed by atoms with Gasteiger partial charge in [0.2, 0.25) is 0 Å². The lowest BCUT2D eigenvalue weighted by Crippen LogP contribution is -2.46. The van der Waals surface area contributed by atoms with E-state index >= 15 is 0 Å². The molecule has 1 aromatic rings. The van der Waals surface area contributed by atoms with Gasteiger partial charge in [-0.1, -0.05) is 28.9 Å². The van der Waals surface area contributed by atoms with E-state index in [1.165, 1.54) is 19.4 Å². The molecule has 0 aromatic heterocycles. The van der Waals surface area contributed by atoms with Gasteiger partial charge >= 0.3 is 0 Å². The van der Waals surface area contributed by atoms with E-state index in [4.69, 9.17) is 0 Å². The van der Waals surface area contributed by atoms with Crippen molar-refractivity contribution in [1.29, 1.82) is 0 Å². The molecule has 1 atom stereocenters. The number of carbonyl (C=O) groups excluding carboxylic acids is 1. The van der Waals surface area contributed by atoms with Crippen molar-refractivity contribution in [2.45, 2.75) is 25.8 Å². The monoisotopic (exact) mass is 409 g/mol. The van der Waals surface area contributed by atoms with Crippen LogP contribution < -0.4 is 16.0 Å². The number of likely N-dealkylation sites (N-methyl/N-ethyl adjacent to an activating group) is 1. The summed E-state index contributed by atoms with van der Waals surface area (Å²) in [7, 11) is 1.77. The van der Waals surface area contributed by atoms with Gasteiger partial charge in [0.15, 0.2) is 5.96 Å². The Kier molecular flexibility index (Phi) is 8.21. The molecule has 1 heterocycles. The van der Waals surface area contributed by atoms with E-state index in [9.17, 15) is 4.79 Å². The summed E-state index contributed by atoms with van der Waals surface area (Å²) in [6.45, 7) is 6.56.